The molecule has 1 unspecified atom stereocenters. The van der Waals surface area contributed by atoms with Crippen LogP contribution in [0, 0.1) is 5.82 Å². The Morgan fingerprint density at radius 2 is 2.00 bits per heavy atom. The SMILES string of the molecule is O=C1CCC(NC2CC(c3ccccc3F)C2)CN1. The van der Waals surface area contributed by atoms with Gasteiger partial charge in [-0.15, -0.1) is 0 Å². The Labute approximate surface area is 112 Å². The monoisotopic (exact) mass is 262 g/mol. The molecule has 1 aromatic carbocycles. The zero-order valence-electron chi connectivity index (χ0n) is 10.9. The maximum atomic E-state index is 13.6. The van der Waals surface area contributed by atoms with Crippen molar-refractivity contribution >= 4 is 5.91 Å². The zero-order valence-corrected chi connectivity index (χ0v) is 10.9. The first-order valence-electron chi connectivity index (χ1n) is 6.99. The molecule has 1 aromatic rings. The van der Waals surface area contributed by atoms with Crippen LogP contribution in [0.1, 0.15) is 37.2 Å². The topological polar surface area (TPSA) is 41.1 Å². The smallest absolute Gasteiger partial charge is 0.220 e. The lowest BCUT2D eigenvalue weighted by atomic mass is 9.75. The summed E-state index contributed by atoms with van der Waals surface area (Å²) in [4.78, 5) is 11.1. The molecule has 2 fully saturated rings. The van der Waals surface area contributed by atoms with Gasteiger partial charge in [0, 0.05) is 25.0 Å². The highest BCUT2D eigenvalue weighted by atomic mass is 19.1. The summed E-state index contributed by atoms with van der Waals surface area (Å²) in [5.74, 6) is 0.406. The maximum Gasteiger partial charge on any atom is 0.220 e. The first-order chi connectivity index (χ1) is 9.22. The van der Waals surface area contributed by atoms with Crippen LogP contribution in [0.5, 0.6) is 0 Å². The summed E-state index contributed by atoms with van der Waals surface area (Å²) < 4.78 is 13.6. The van der Waals surface area contributed by atoms with Crippen LogP contribution in [0.3, 0.4) is 0 Å². The molecule has 4 heteroatoms. The highest BCUT2D eigenvalue weighted by Gasteiger charge is 2.33. The predicted octanol–water partition coefficient (Wildman–Crippen LogP) is 1.94. The standard InChI is InChI=1S/C15H19FN2O/c16-14-4-2-1-3-13(14)10-7-12(8-10)18-11-5-6-15(19)17-9-11/h1-4,10-12,18H,5-9H2,(H,17,19). The number of piperidine rings is 1. The van der Waals surface area contributed by atoms with Crippen molar-refractivity contribution in [1.82, 2.24) is 10.6 Å². The molecule has 0 aromatic heterocycles. The van der Waals surface area contributed by atoms with Crippen molar-refractivity contribution in [2.75, 3.05) is 6.54 Å². The number of amides is 1. The van der Waals surface area contributed by atoms with Crippen molar-refractivity contribution < 1.29 is 9.18 Å². The van der Waals surface area contributed by atoms with Gasteiger partial charge in [0.1, 0.15) is 5.82 Å². The van der Waals surface area contributed by atoms with E-state index in [1.54, 1.807) is 6.07 Å². The molecule has 2 aliphatic rings. The molecule has 1 atom stereocenters. The van der Waals surface area contributed by atoms with Crippen LogP contribution in [-0.2, 0) is 4.79 Å². The summed E-state index contributed by atoms with van der Waals surface area (Å²) in [6, 6.07) is 7.89. The summed E-state index contributed by atoms with van der Waals surface area (Å²) in [7, 11) is 0. The van der Waals surface area contributed by atoms with Gasteiger partial charge in [-0.05, 0) is 36.8 Å². The molecule has 102 valence electrons. The third kappa shape index (κ3) is 2.78. The number of hydrogen-bond donors (Lipinski definition) is 2. The van der Waals surface area contributed by atoms with E-state index in [2.05, 4.69) is 10.6 Å². The minimum Gasteiger partial charge on any atom is -0.355 e. The van der Waals surface area contributed by atoms with E-state index in [1.165, 1.54) is 6.07 Å². The van der Waals surface area contributed by atoms with E-state index in [0.717, 1.165) is 31.4 Å². The number of carbonyl (C=O) groups excluding carboxylic acids is 1. The number of nitrogens with one attached hydrogen (secondary N) is 2. The van der Waals surface area contributed by atoms with Crippen LogP contribution in [0.4, 0.5) is 4.39 Å². The second-order valence-corrected chi connectivity index (χ2v) is 5.59. The first-order valence-corrected chi connectivity index (χ1v) is 6.99. The fraction of sp³-hybridized carbons (Fsp3) is 0.533. The van der Waals surface area contributed by atoms with E-state index in [4.69, 9.17) is 0 Å². The van der Waals surface area contributed by atoms with Crippen LogP contribution in [0.2, 0.25) is 0 Å². The van der Waals surface area contributed by atoms with Crippen molar-refractivity contribution in [3.8, 4) is 0 Å². The lowest BCUT2D eigenvalue weighted by molar-refractivity contribution is -0.122. The minimum absolute atomic E-state index is 0.0871. The third-order valence-corrected chi connectivity index (χ3v) is 4.22. The molecule has 1 amide bonds. The number of carbonyl (C=O) groups is 1. The van der Waals surface area contributed by atoms with Crippen molar-refractivity contribution in [3.63, 3.8) is 0 Å². The van der Waals surface area contributed by atoms with E-state index in [9.17, 15) is 9.18 Å². The second-order valence-electron chi connectivity index (χ2n) is 5.59. The summed E-state index contributed by atoms with van der Waals surface area (Å²) in [5, 5.41) is 6.43. The van der Waals surface area contributed by atoms with E-state index >= 15 is 0 Å². The summed E-state index contributed by atoms with van der Waals surface area (Å²) >= 11 is 0. The van der Waals surface area contributed by atoms with Crippen molar-refractivity contribution in [1.29, 1.82) is 0 Å². The van der Waals surface area contributed by atoms with Crippen LogP contribution in [0.15, 0.2) is 24.3 Å². The van der Waals surface area contributed by atoms with E-state index in [-0.39, 0.29) is 11.7 Å². The summed E-state index contributed by atoms with van der Waals surface area (Å²) in [6.07, 6.45) is 3.50. The molecule has 3 nitrogen and oxygen atoms in total. The van der Waals surface area contributed by atoms with Gasteiger partial charge in [0.25, 0.3) is 0 Å². The molecule has 1 saturated heterocycles. The van der Waals surface area contributed by atoms with Gasteiger partial charge < -0.3 is 10.6 Å². The minimum atomic E-state index is -0.0871. The average molecular weight is 262 g/mol. The molecule has 0 bridgehead atoms. The van der Waals surface area contributed by atoms with Crippen LogP contribution < -0.4 is 10.6 Å². The quantitative estimate of drug-likeness (QED) is 0.874. The second kappa shape index (κ2) is 5.29. The van der Waals surface area contributed by atoms with Crippen molar-refractivity contribution in [3.05, 3.63) is 35.6 Å². The number of rotatable bonds is 3. The molecule has 19 heavy (non-hydrogen) atoms. The van der Waals surface area contributed by atoms with E-state index in [1.807, 2.05) is 12.1 Å². The fourth-order valence-corrected chi connectivity index (χ4v) is 3.02. The number of hydrogen-bond acceptors (Lipinski definition) is 2. The van der Waals surface area contributed by atoms with Crippen LogP contribution in [-0.4, -0.2) is 24.5 Å². The van der Waals surface area contributed by atoms with Gasteiger partial charge in [-0.3, -0.25) is 4.79 Å². The van der Waals surface area contributed by atoms with Gasteiger partial charge in [0.15, 0.2) is 0 Å². The molecule has 1 aliphatic carbocycles. The molecule has 1 aliphatic heterocycles. The fourth-order valence-electron chi connectivity index (χ4n) is 3.02. The van der Waals surface area contributed by atoms with Gasteiger partial charge in [0.05, 0.1) is 0 Å². The van der Waals surface area contributed by atoms with Gasteiger partial charge >= 0.3 is 0 Å². The lowest BCUT2D eigenvalue weighted by Crippen LogP contribution is -2.52. The molecular weight excluding hydrogens is 243 g/mol. The lowest BCUT2D eigenvalue weighted by Gasteiger charge is -2.39. The summed E-state index contributed by atoms with van der Waals surface area (Å²) in [6.45, 7) is 0.722. The normalized spacial score (nSPS) is 30.6. The highest BCUT2D eigenvalue weighted by Crippen LogP contribution is 2.38. The van der Waals surface area contributed by atoms with E-state index in [0.29, 0.717) is 24.4 Å². The highest BCUT2D eigenvalue weighted by molar-refractivity contribution is 5.76. The van der Waals surface area contributed by atoms with Gasteiger partial charge in [0.2, 0.25) is 5.91 Å². The Morgan fingerprint density at radius 1 is 1.21 bits per heavy atom. The van der Waals surface area contributed by atoms with Gasteiger partial charge in [-0.2, -0.15) is 0 Å². The molecule has 1 heterocycles. The summed E-state index contributed by atoms with van der Waals surface area (Å²) in [5.41, 5.74) is 0.845. The Bertz CT molecular complexity index is 461. The number of halogens is 1. The van der Waals surface area contributed by atoms with Crippen LogP contribution in [0.25, 0.3) is 0 Å². The van der Waals surface area contributed by atoms with Gasteiger partial charge in [-0.25, -0.2) is 4.39 Å². The molecule has 0 spiro atoms. The zero-order chi connectivity index (χ0) is 13.2. The van der Waals surface area contributed by atoms with Crippen molar-refractivity contribution in [2.24, 2.45) is 0 Å². The predicted molar refractivity (Wildman–Crippen MR) is 71.3 cm³/mol. The molecule has 3 rings (SSSR count). The Morgan fingerprint density at radius 3 is 2.68 bits per heavy atom. The number of benzene rings is 1. The third-order valence-electron chi connectivity index (χ3n) is 4.22. The Hall–Kier alpha value is -1.42. The van der Waals surface area contributed by atoms with Crippen molar-refractivity contribution in [2.45, 2.75) is 43.7 Å². The molecule has 0 radical (unpaired) electrons. The largest absolute Gasteiger partial charge is 0.355 e. The molecular formula is C15H19FN2O. The van der Waals surface area contributed by atoms with Gasteiger partial charge in [-0.1, -0.05) is 18.2 Å². The van der Waals surface area contributed by atoms with E-state index < -0.39 is 0 Å². The first kappa shape index (κ1) is 12.6. The molecule has 2 N–H and O–H groups in total. The van der Waals surface area contributed by atoms with Crippen LogP contribution >= 0.6 is 0 Å². The molecule has 1 saturated carbocycles. The Balaban J connectivity index is 1.48. The average Bonchev–Trinajstić information content (AvgIpc) is 2.37. The maximum absolute atomic E-state index is 13.6. The Kier molecular flexibility index (Phi) is 3.51.